The van der Waals surface area contributed by atoms with E-state index in [9.17, 15) is 9.59 Å². The highest BCUT2D eigenvalue weighted by Crippen LogP contribution is 2.33. The number of hydrogen-bond donors (Lipinski definition) is 1. The first-order valence-corrected chi connectivity index (χ1v) is 7.85. The van der Waals surface area contributed by atoms with Gasteiger partial charge in [-0.2, -0.15) is 0 Å². The van der Waals surface area contributed by atoms with Gasteiger partial charge in [0.1, 0.15) is 5.00 Å². The van der Waals surface area contributed by atoms with Crippen LogP contribution in [0.1, 0.15) is 20.8 Å². The molecule has 0 spiro atoms. The third kappa shape index (κ3) is 4.00. The van der Waals surface area contributed by atoms with E-state index in [4.69, 9.17) is 21.1 Å². The molecule has 0 saturated carbocycles. The number of methoxy groups -OCH3 is 1. The highest BCUT2D eigenvalue weighted by atomic mass is 35.5. The molecule has 2 aromatic rings. The zero-order chi connectivity index (χ0) is 17.0. The summed E-state index contributed by atoms with van der Waals surface area (Å²) in [5.41, 5.74) is 1.15. The van der Waals surface area contributed by atoms with Gasteiger partial charge in [-0.05, 0) is 31.5 Å². The smallest absolute Gasteiger partial charge is 0.341 e. The molecule has 0 saturated heterocycles. The molecule has 0 fully saturated rings. The monoisotopic (exact) mass is 354 g/mol. The predicted molar refractivity (Wildman–Crippen MR) is 88.5 cm³/mol. The van der Waals surface area contributed by atoms with E-state index in [0.29, 0.717) is 16.3 Å². The maximum atomic E-state index is 12.0. The molecule has 2 rings (SSSR count). The molecule has 1 N–H and O–H groups in total. The van der Waals surface area contributed by atoms with E-state index in [0.717, 1.165) is 10.4 Å². The van der Waals surface area contributed by atoms with E-state index in [-0.39, 0.29) is 11.8 Å². The minimum Gasteiger partial charge on any atom is -0.481 e. The molecule has 2 heterocycles. The fraction of sp³-hybridized carbons (Fsp3) is 0.267. The SMILES string of the molecule is COC(=O)c1c(NC(=O)COc2cccnc2Cl)sc(C)c1C. The number of nitrogens with one attached hydrogen (secondary N) is 1. The number of pyridine rings is 1. The van der Waals surface area contributed by atoms with Gasteiger partial charge in [0.25, 0.3) is 5.91 Å². The lowest BCUT2D eigenvalue weighted by atomic mass is 10.1. The van der Waals surface area contributed by atoms with Crippen molar-refractivity contribution in [3.8, 4) is 5.75 Å². The van der Waals surface area contributed by atoms with Gasteiger partial charge in [-0.3, -0.25) is 4.79 Å². The molecular weight excluding hydrogens is 340 g/mol. The van der Waals surface area contributed by atoms with Crippen molar-refractivity contribution in [2.45, 2.75) is 13.8 Å². The van der Waals surface area contributed by atoms with Crippen LogP contribution in [-0.2, 0) is 9.53 Å². The van der Waals surface area contributed by atoms with Crippen molar-refractivity contribution in [2.24, 2.45) is 0 Å². The Hall–Kier alpha value is -2.12. The van der Waals surface area contributed by atoms with Crippen LogP contribution in [0, 0.1) is 13.8 Å². The van der Waals surface area contributed by atoms with Gasteiger partial charge in [0, 0.05) is 11.1 Å². The predicted octanol–water partition coefficient (Wildman–Crippen LogP) is 3.22. The van der Waals surface area contributed by atoms with Gasteiger partial charge in [-0.25, -0.2) is 9.78 Å². The van der Waals surface area contributed by atoms with Crippen molar-refractivity contribution in [2.75, 3.05) is 19.0 Å². The van der Waals surface area contributed by atoms with Crippen LogP contribution < -0.4 is 10.1 Å². The quantitative estimate of drug-likeness (QED) is 0.659. The zero-order valence-electron chi connectivity index (χ0n) is 12.8. The third-order valence-electron chi connectivity index (χ3n) is 3.11. The molecule has 1 amide bonds. The molecule has 0 bridgehead atoms. The second-order valence-electron chi connectivity index (χ2n) is 4.61. The minimum absolute atomic E-state index is 0.179. The molecular formula is C15H15ClN2O4S. The summed E-state index contributed by atoms with van der Waals surface area (Å²) in [4.78, 5) is 28.7. The van der Waals surface area contributed by atoms with Gasteiger partial charge in [0.15, 0.2) is 17.5 Å². The van der Waals surface area contributed by atoms with E-state index in [1.165, 1.54) is 24.6 Å². The minimum atomic E-state index is -0.488. The number of nitrogens with zero attached hydrogens (tertiary/aromatic N) is 1. The van der Waals surface area contributed by atoms with Crippen LogP contribution >= 0.6 is 22.9 Å². The summed E-state index contributed by atoms with van der Waals surface area (Å²) in [6, 6.07) is 3.27. The summed E-state index contributed by atoms with van der Waals surface area (Å²) in [6.07, 6.45) is 1.52. The molecule has 23 heavy (non-hydrogen) atoms. The van der Waals surface area contributed by atoms with Gasteiger partial charge < -0.3 is 14.8 Å². The summed E-state index contributed by atoms with van der Waals surface area (Å²) < 4.78 is 10.1. The van der Waals surface area contributed by atoms with E-state index in [2.05, 4.69) is 10.3 Å². The Balaban J connectivity index is 2.08. The number of anilines is 1. The van der Waals surface area contributed by atoms with Crippen LogP contribution in [0.2, 0.25) is 5.15 Å². The van der Waals surface area contributed by atoms with Crippen LogP contribution in [0.15, 0.2) is 18.3 Å². The first-order valence-electron chi connectivity index (χ1n) is 6.65. The summed E-state index contributed by atoms with van der Waals surface area (Å²) in [6.45, 7) is 3.43. The number of carbonyl (C=O) groups is 2. The van der Waals surface area contributed by atoms with E-state index in [1.807, 2.05) is 6.92 Å². The number of carbonyl (C=O) groups excluding carboxylic acids is 2. The lowest BCUT2D eigenvalue weighted by molar-refractivity contribution is -0.118. The molecule has 122 valence electrons. The second-order valence-corrected chi connectivity index (χ2v) is 6.19. The maximum Gasteiger partial charge on any atom is 0.341 e. The Morgan fingerprint density at radius 3 is 2.78 bits per heavy atom. The van der Waals surface area contributed by atoms with Crippen molar-refractivity contribution in [1.82, 2.24) is 4.98 Å². The fourth-order valence-corrected chi connectivity index (χ4v) is 3.09. The number of aryl methyl sites for hydroxylation is 1. The van der Waals surface area contributed by atoms with Crippen molar-refractivity contribution < 1.29 is 19.1 Å². The maximum absolute atomic E-state index is 12.0. The molecule has 0 aliphatic carbocycles. The summed E-state index contributed by atoms with van der Waals surface area (Å²) in [5, 5.41) is 3.29. The Kier molecular flexibility index (Phi) is 5.57. The van der Waals surface area contributed by atoms with Gasteiger partial charge >= 0.3 is 5.97 Å². The number of ether oxygens (including phenoxy) is 2. The molecule has 0 atom stereocenters. The Bertz CT molecular complexity index is 745. The van der Waals surface area contributed by atoms with Crippen LogP contribution in [0.25, 0.3) is 0 Å². The number of amides is 1. The lowest BCUT2D eigenvalue weighted by Crippen LogP contribution is -2.21. The van der Waals surface area contributed by atoms with Crippen LogP contribution in [-0.4, -0.2) is 30.6 Å². The van der Waals surface area contributed by atoms with Crippen molar-refractivity contribution >= 4 is 39.8 Å². The molecule has 2 aromatic heterocycles. The number of hydrogen-bond acceptors (Lipinski definition) is 6. The third-order valence-corrected chi connectivity index (χ3v) is 4.52. The number of halogens is 1. The molecule has 0 aromatic carbocycles. The number of esters is 1. The van der Waals surface area contributed by atoms with E-state index in [1.54, 1.807) is 19.1 Å². The second kappa shape index (κ2) is 7.43. The molecule has 0 aliphatic rings. The average molecular weight is 355 g/mol. The zero-order valence-corrected chi connectivity index (χ0v) is 14.4. The highest BCUT2D eigenvalue weighted by molar-refractivity contribution is 7.16. The van der Waals surface area contributed by atoms with Crippen molar-refractivity contribution in [3.05, 3.63) is 39.5 Å². The van der Waals surface area contributed by atoms with E-state index < -0.39 is 11.9 Å². The fourth-order valence-electron chi connectivity index (χ4n) is 1.85. The van der Waals surface area contributed by atoms with Gasteiger partial charge in [-0.15, -0.1) is 11.3 Å². The van der Waals surface area contributed by atoms with Gasteiger partial charge in [-0.1, -0.05) is 11.6 Å². The van der Waals surface area contributed by atoms with Crippen LogP contribution in [0.3, 0.4) is 0 Å². The Labute approximate surface area is 142 Å². The van der Waals surface area contributed by atoms with Gasteiger partial charge in [0.2, 0.25) is 0 Å². The molecule has 0 unspecified atom stereocenters. The largest absolute Gasteiger partial charge is 0.481 e. The topological polar surface area (TPSA) is 77.5 Å². The lowest BCUT2D eigenvalue weighted by Gasteiger charge is -2.08. The van der Waals surface area contributed by atoms with E-state index >= 15 is 0 Å². The Morgan fingerprint density at radius 2 is 2.13 bits per heavy atom. The summed E-state index contributed by atoms with van der Waals surface area (Å²) in [5.74, 6) is -0.578. The number of rotatable bonds is 5. The average Bonchev–Trinajstić information content (AvgIpc) is 2.80. The normalized spacial score (nSPS) is 10.3. The molecule has 6 nitrogen and oxygen atoms in total. The first-order chi connectivity index (χ1) is 10.9. The summed E-state index contributed by atoms with van der Waals surface area (Å²) in [7, 11) is 1.30. The molecule has 0 radical (unpaired) electrons. The Morgan fingerprint density at radius 1 is 1.39 bits per heavy atom. The number of aromatic nitrogens is 1. The summed E-state index contributed by atoms with van der Waals surface area (Å²) >= 11 is 7.16. The molecule has 0 aliphatic heterocycles. The van der Waals surface area contributed by atoms with Crippen molar-refractivity contribution in [3.63, 3.8) is 0 Å². The van der Waals surface area contributed by atoms with Crippen molar-refractivity contribution in [1.29, 1.82) is 0 Å². The van der Waals surface area contributed by atoms with Crippen LogP contribution in [0.4, 0.5) is 5.00 Å². The van der Waals surface area contributed by atoms with Gasteiger partial charge in [0.05, 0.1) is 12.7 Å². The molecule has 8 heteroatoms. The first kappa shape index (κ1) is 17.2. The highest BCUT2D eigenvalue weighted by Gasteiger charge is 2.21. The standard InChI is InChI=1S/C15H15ClN2O4S/c1-8-9(2)23-14(12(8)15(20)21-3)18-11(19)7-22-10-5-4-6-17-13(10)16/h4-6H,7H2,1-3H3,(H,18,19). The van der Waals surface area contributed by atoms with Crippen LogP contribution in [0.5, 0.6) is 5.75 Å². The number of thiophene rings is 1.